The minimum Gasteiger partial charge on any atom is -0.397 e. The lowest BCUT2D eigenvalue weighted by Crippen LogP contribution is -2.36. The summed E-state index contributed by atoms with van der Waals surface area (Å²) in [6.45, 7) is 0. The van der Waals surface area contributed by atoms with Crippen molar-refractivity contribution in [2.45, 2.75) is 0 Å². The Morgan fingerprint density at radius 3 is 2.14 bits per heavy atom. The fourth-order valence-corrected chi connectivity index (χ4v) is 4.50. The van der Waals surface area contributed by atoms with Gasteiger partial charge in [0.1, 0.15) is 0 Å². The minimum absolute atomic E-state index is 0.329. The summed E-state index contributed by atoms with van der Waals surface area (Å²) in [5, 5.41) is 0.486. The van der Waals surface area contributed by atoms with Crippen molar-refractivity contribution in [2.24, 2.45) is 14.1 Å². The van der Waals surface area contributed by atoms with Crippen molar-refractivity contribution >= 4 is 48.5 Å². The molecule has 0 radical (unpaired) electrons. The Balaban J connectivity index is 2.22. The Morgan fingerprint density at radius 2 is 1.54 bits per heavy atom. The third kappa shape index (κ3) is 2.75. The quantitative estimate of drug-likeness (QED) is 0.423. The van der Waals surface area contributed by atoms with E-state index in [4.69, 9.17) is 5.73 Å². The molecule has 2 aromatic carbocycles. The Bertz CT molecular complexity index is 1330. The van der Waals surface area contributed by atoms with E-state index in [-0.39, 0.29) is 11.2 Å². The molecule has 0 fully saturated rings. The molecule has 0 saturated heterocycles. The summed E-state index contributed by atoms with van der Waals surface area (Å²) >= 11 is 6.96. The monoisotopic (exact) mass is 502 g/mol. The van der Waals surface area contributed by atoms with Crippen molar-refractivity contribution < 1.29 is 0 Å². The SMILES string of the molecule is Cn1c(=O)c2c(-c3ccccc3)n(-c3cc(Br)c(N)c(Br)c3)cc2n(C)c1=O. The Kier molecular flexibility index (Phi) is 4.55. The maximum Gasteiger partial charge on any atom is 0.330 e. The normalized spacial score (nSPS) is 11.3. The number of fused-ring (bicyclic) bond motifs is 1. The molecule has 2 aromatic heterocycles. The van der Waals surface area contributed by atoms with Gasteiger partial charge in [-0.05, 0) is 49.6 Å². The molecule has 0 bridgehead atoms. The van der Waals surface area contributed by atoms with Crippen molar-refractivity contribution in [3.8, 4) is 16.9 Å². The molecule has 8 heteroatoms. The van der Waals surface area contributed by atoms with E-state index < -0.39 is 0 Å². The first-order chi connectivity index (χ1) is 13.3. The Morgan fingerprint density at radius 1 is 0.929 bits per heavy atom. The van der Waals surface area contributed by atoms with Gasteiger partial charge in [0.25, 0.3) is 5.56 Å². The van der Waals surface area contributed by atoms with E-state index in [0.717, 1.165) is 30.5 Å². The van der Waals surface area contributed by atoms with Crippen LogP contribution < -0.4 is 17.0 Å². The van der Waals surface area contributed by atoms with Crippen molar-refractivity contribution in [3.05, 3.63) is 78.4 Å². The zero-order valence-electron chi connectivity index (χ0n) is 15.1. The van der Waals surface area contributed by atoms with Gasteiger partial charge in [0.05, 0.1) is 22.3 Å². The van der Waals surface area contributed by atoms with Gasteiger partial charge in [-0.1, -0.05) is 30.3 Å². The third-order valence-electron chi connectivity index (χ3n) is 4.83. The second-order valence-electron chi connectivity index (χ2n) is 6.50. The summed E-state index contributed by atoms with van der Waals surface area (Å²) in [6, 6.07) is 13.4. The lowest BCUT2D eigenvalue weighted by molar-refractivity contribution is 0.714. The number of aromatic nitrogens is 3. The van der Waals surface area contributed by atoms with Gasteiger partial charge in [0.15, 0.2) is 0 Å². The number of hydrogen-bond donors (Lipinski definition) is 1. The molecule has 0 spiro atoms. The highest BCUT2D eigenvalue weighted by molar-refractivity contribution is 9.11. The molecule has 0 aliphatic rings. The summed E-state index contributed by atoms with van der Waals surface area (Å²) in [5.41, 5.74) is 8.89. The van der Waals surface area contributed by atoms with Crippen LogP contribution in [0.15, 0.2) is 67.2 Å². The zero-order valence-corrected chi connectivity index (χ0v) is 18.3. The van der Waals surface area contributed by atoms with Gasteiger partial charge in [-0.3, -0.25) is 13.9 Å². The van der Waals surface area contributed by atoms with Crippen molar-refractivity contribution in [2.75, 3.05) is 5.73 Å². The molecule has 28 heavy (non-hydrogen) atoms. The summed E-state index contributed by atoms with van der Waals surface area (Å²) in [6.07, 6.45) is 1.81. The van der Waals surface area contributed by atoms with Crippen LogP contribution in [-0.2, 0) is 14.1 Å². The highest BCUT2D eigenvalue weighted by Crippen LogP contribution is 2.35. The van der Waals surface area contributed by atoms with Gasteiger partial charge in [-0.25, -0.2) is 4.79 Å². The fourth-order valence-electron chi connectivity index (χ4n) is 3.33. The second-order valence-corrected chi connectivity index (χ2v) is 8.21. The largest absolute Gasteiger partial charge is 0.397 e. The molecular formula is C20H16Br2N4O2. The number of hydrogen-bond acceptors (Lipinski definition) is 3. The van der Waals surface area contributed by atoms with Crippen LogP contribution in [0.3, 0.4) is 0 Å². The van der Waals surface area contributed by atoms with Gasteiger partial charge in [0, 0.05) is 34.9 Å². The van der Waals surface area contributed by atoms with E-state index in [0.29, 0.717) is 16.6 Å². The van der Waals surface area contributed by atoms with E-state index in [2.05, 4.69) is 31.9 Å². The van der Waals surface area contributed by atoms with Crippen molar-refractivity contribution in [3.63, 3.8) is 0 Å². The van der Waals surface area contributed by atoms with Crippen LogP contribution in [0, 0.1) is 0 Å². The first-order valence-electron chi connectivity index (χ1n) is 8.42. The van der Waals surface area contributed by atoms with E-state index in [9.17, 15) is 9.59 Å². The molecule has 0 atom stereocenters. The molecule has 0 unspecified atom stereocenters. The number of nitrogen functional groups attached to an aromatic ring is 1. The molecule has 6 nitrogen and oxygen atoms in total. The van der Waals surface area contributed by atoms with E-state index >= 15 is 0 Å². The molecule has 4 rings (SSSR count). The number of rotatable bonds is 2. The summed E-state index contributed by atoms with van der Waals surface area (Å²) < 4.78 is 6.00. The molecule has 2 heterocycles. The smallest absolute Gasteiger partial charge is 0.330 e. The van der Waals surface area contributed by atoms with Crippen LogP contribution in [-0.4, -0.2) is 13.7 Å². The number of nitrogens with zero attached hydrogens (tertiary/aromatic N) is 3. The number of anilines is 1. The lowest BCUT2D eigenvalue weighted by atomic mass is 10.1. The average molecular weight is 504 g/mol. The number of nitrogens with two attached hydrogens (primary N) is 1. The first kappa shape index (κ1) is 18.8. The number of halogens is 2. The maximum atomic E-state index is 13.0. The molecule has 0 amide bonds. The number of benzene rings is 2. The maximum absolute atomic E-state index is 13.0. The summed E-state index contributed by atoms with van der Waals surface area (Å²) in [7, 11) is 3.16. The van der Waals surface area contributed by atoms with E-state index in [1.165, 1.54) is 11.6 Å². The Hall–Kier alpha value is -2.58. The average Bonchev–Trinajstić information content (AvgIpc) is 3.10. The van der Waals surface area contributed by atoms with Crippen LogP contribution in [0.5, 0.6) is 0 Å². The van der Waals surface area contributed by atoms with E-state index in [1.54, 1.807) is 7.05 Å². The molecule has 142 valence electrons. The van der Waals surface area contributed by atoms with Crippen LogP contribution in [0.2, 0.25) is 0 Å². The van der Waals surface area contributed by atoms with Crippen LogP contribution in [0.1, 0.15) is 0 Å². The molecular weight excluding hydrogens is 488 g/mol. The van der Waals surface area contributed by atoms with Gasteiger partial charge in [-0.15, -0.1) is 0 Å². The predicted molar refractivity (Wildman–Crippen MR) is 119 cm³/mol. The molecule has 0 aliphatic heterocycles. The molecule has 0 aliphatic carbocycles. The van der Waals surface area contributed by atoms with Crippen LogP contribution in [0.25, 0.3) is 27.8 Å². The predicted octanol–water partition coefficient (Wildman–Crippen LogP) is 3.80. The standard InChI is InChI=1S/C20H16Br2N4O2/c1-24-15-10-26(12-8-13(21)17(23)14(22)9-12)18(11-6-4-3-5-7-11)16(15)19(27)25(2)20(24)28/h3-10H,23H2,1-2H3. The lowest BCUT2D eigenvalue weighted by Gasteiger charge is -2.12. The van der Waals surface area contributed by atoms with Gasteiger partial charge in [-0.2, -0.15) is 0 Å². The Labute approximate surface area is 177 Å². The summed E-state index contributed by atoms with van der Waals surface area (Å²) in [5.74, 6) is 0. The topological polar surface area (TPSA) is 75.0 Å². The molecule has 2 N–H and O–H groups in total. The fraction of sp³-hybridized carbons (Fsp3) is 0.100. The zero-order chi connectivity index (χ0) is 20.2. The van der Waals surface area contributed by atoms with E-state index in [1.807, 2.05) is 53.2 Å². The highest BCUT2D eigenvalue weighted by Gasteiger charge is 2.20. The van der Waals surface area contributed by atoms with Gasteiger partial charge in [0.2, 0.25) is 0 Å². The summed E-state index contributed by atoms with van der Waals surface area (Å²) in [4.78, 5) is 25.5. The second kappa shape index (κ2) is 6.79. The number of aryl methyl sites for hydroxylation is 1. The van der Waals surface area contributed by atoms with Gasteiger partial charge < -0.3 is 10.3 Å². The molecule has 4 aromatic rings. The molecule has 0 saturated carbocycles. The first-order valence-corrected chi connectivity index (χ1v) is 10.0. The van der Waals surface area contributed by atoms with Crippen molar-refractivity contribution in [1.29, 1.82) is 0 Å². The minimum atomic E-state index is -0.367. The van der Waals surface area contributed by atoms with Crippen LogP contribution >= 0.6 is 31.9 Å². The van der Waals surface area contributed by atoms with Crippen LogP contribution in [0.4, 0.5) is 5.69 Å². The van der Waals surface area contributed by atoms with Gasteiger partial charge >= 0.3 is 5.69 Å². The third-order valence-corrected chi connectivity index (χ3v) is 6.14. The highest BCUT2D eigenvalue weighted by atomic mass is 79.9. The van der Waals surface area contributed by atoms with Crippen molar-refractivity contribution in [1.82, 2.24) is 13.7 Å².